The number of hydrogen-bond acceptors (Lipinski definition) is 2. The summed E-state index contributed by atoms with van der Waals surface area (Å²) < 4.78 is 13.0. The first-order valence-corrected chi connectivity index (χ1v) is 5.18. The molecule has 3 nitrogen and oxygen atoms in total. The third-order valence-electron chi connectivity index (χ3n) is 2.67. The van der Waals surface area contributed by atoms with E-state index in [1.807, 2.05) is 24.9 Å². The van der Waals surface area contributed by atoms with E-state index in [0.29, 0.717) is 6.54 Å². The van der Waals surface area contributed by atoms with Gasteiger partial charge in [0.1, 0.15) is 5.82 Å². The zero-order chi connectivity index (χ0) is 12.1. The van der Waals surface area contributed by atoms with Gasteiger partial charge in [0.25, 0.3) is 0 Å². The second-order valence-corrected chi connectivity index (χ2v) is 3.86. The van der Waals surface area contributed by atoms with Crippen molar-refractivity contribution in [3.8, 4) is 0 Å². The lowest BCUT2D eigenvalue weighted by Gasteiger charge is -2.24. The Hall–Kier alpha value is -1.42. The summed E-state index contributed by atoms with van der Waals surface area (Å²) in [5.41, 5.74) is 0.855. The summed E-state index contributed by atoms with van der Waals surface area (Å²) in [5.74, 6) is -1.09. The molecule has 0 heterocycles. The van der Waals surface area contributed by atoms with Crippen LogP contribution < -0.4 is 0 Å². The molecule has 1 atom stereocenters. The lowest BCUT2D eigenvalue weighted by atomic mass is 10.1. The number of benzene rings is 1. The van der Waals surface area contributed by atoms with Crippen molar-refractivity contribution in [2.45, 2.75) is 19.4 Å². The van der Waals surface area contributed by atoms with E-state index in [9.17, 15) is 9.18 Å². The monoisotopic (exact) mass is 225 g/mol. The normalized spacial score (nSPS) is 12.8. The van der Waals surface area contributed by atoms with Gasteiger partial charge in [0.15, 0.2) is 0 Å². The molecule has 1 aromatic rings. The molecular weight excluding hydrogens is 209 g/mol. The minimum absolute atomic E-state index is 0.00931. The molecule has 0 fully saturated rings. The lowest BCUT2D eigenvalue weighted by Crippen LogP contribution is -2.25. The van der Waals surface area contributed by atoms with Crippen molar-refractivity contribution in [3.05, 3.63) is 35.6 Å². The van der Waals surface area contributed by atoms with Crippen molar-refractivity contribution in [3.63, 3.8) is 0 Å². The summed E-state index contributed by atoms with van der Waals surface area (Å²) in [6.45, 7) is 2.38. The van der Waals surface area contributed by atoms with Gasteiger partial charge in [-0.15, -0.1) is 0 Å². The van der Waals surface area contributed by atoms with Crippen LogP contribution in [0.5, 0.6) is 0 Å². The van der Waals surface area contributed by atoms with E-state index in [1.54, 1.807) is 6.07 Å². The highest BCUT2D eigenvalue weighted by Gasteiger charge is 2.12. The summed E-state index contributed by atoms with van der Waals surface area (Å²) in [5, 5.41) is 8.57. The fraction of sp³-hybridized carbons (Fsp3) is 0.417. The molecular formula is C12H16FNO2. The van der Waals surface area contributed by atoms with Crippen LogP contribution in [0.25, 0.3) is 0 Å². The summed E-state index contributed by atoms with van der Waals surface area (Å²) in [6, 6.07) is 6.38. The van der Waals surface area contributed by atoms with E-state index in [4.69, 9.17) is 5.11 Å². The van der Waals surface area contributed by atoms with Crippen molar-refractivity contribution in [1.82, 2.24) is 4.90 Å². The molecule has 1 unspecified atom stereocenters. The molecule has 1 rings (SSSR count). The number of rotatable bonds is 5. The highest BCUT2D eigenvalue weighted by atomic mass is 19.1. The summed E-state index contributed by atoms with van der Waals surface area (Å²) >= 11 is 0. The smallest absolute Gasteiger partial charge is 0.304 e. The lowest BCUT2D eigenvalue weighted by molar-refractivity contribution is -0.137. The number of aliphatic carboxylic acids is 1. The topological polar surface area (TPSA) is 40.5 Å². The number of carboxylic acids is 1. The van der Waals surface area contributed by atoms with Crippen molar-refractivity contribution < 1.29 is 14.3 Å². The molecule has 0 saturated carbocycles. The maximum Gasteiger partial charge on any atom is 0.304 e. The van der Waals surface area contributed by atoms with Crippen LogP contribution in [-0.4, -0.2) is 29.6 Å². The van der Waals surface area contributed by atoms with E-state index >= 15 is 0 Å². The van der Waals surface area contributed by atoms with Gasteiger partial charge in [0.2, 0.25) is 0 Å². The zero-order valence-corrected chi connectivity index (χ0v) is 9.48. The Labute approximate surface area is 94.5 Å². The quantitative estimate of drug-likeness (QED) is 0.835. The van der Waals surface area contributed by atoms with Crippen molar-refractivity contribution in [2.75, 3.05) is 13.6 Å². The van der Waals surface area contributed by atoms with Crippen LogP contribution in [-0.2, 0) is 4.79 Å². The Morgan fingerprint density at radius 2 is 2.25 bits per heavy atom. The number of nitrogens with zero attached hydrogens (tertiary/aromatic N) is 1. The zero-order valence-electron chi connectivity index (χ0n) is 9.48. The van der Waals surface area contributed by atoms with E-state index in [1.165, 1.54) is 12.1 Å². The van der Waals surface area contributed by atoms with Crippen LogP contribution >= 0.6 is 0 Å². The molecule has 0 aromatic heterocycles. The van der Waals surface area contributed by atoms with Crippen LogP contribution in [0.2, 0.25) is 0 Å². The number of carboxylic acid groups (broad SMARTS) is 1. The number of carbonyl (C=O) groups is 1. The summed E-state index contributed by atoms with van der Waals surface area (Å²) in [7, 11) is 1.83. The Morgan fingerprint density at radius 3 is 2.81 bits per heavy atom. The second kappa shape index (κ2) is 5.61. The van der Waals surface area contributed by atoms with E-state index in [2.05, 4.69) is 0 Å². The second-order valence-electron chi connectivity index (χ2n) is 3.86. The maximum atomic E-state index is 13.0. The van der Waals surface area contributed by atoms with Gasteiger partial charge in [0.05, 0.1) is 6.42 Å². The van der Waals surface area contributed by atoms with Gasteiger partial charge in [-0.05, 0) is 31.7 Å². The third-order valence-corrected chi connectivity index (χ3v) is 2.67. The average Bonchev–Trinajstić information content (AvgIpc) is 2.24. The van der Waals surface area contributed by atoms with Gasteiger partial charge in [-0.25, -0.2) is 4.39 Å². The van der Waals surface area contributed by atoms with Crippen LogP contribution in [0, 0.1) is 5.82 Å². The first-order valence-electron chi connectivity index (χ1n) is 5.18. The van der Waals surface area contributed by atoms with Gasteiger partial charge in [-0.1, -0.05) is 12.1 Å². The van der Waals surface area contributed by atoms with Crippen LogP contribution in [0.3, 0.4) is 0 Å². The van der Waals surface area contributed by atoms with Gasteiger partial charge < -0.3 is 5.11 Å². The minimum Gasteiger partial charge on any atom is -0.481 e. The summed E-state index contributed by atoms with van der Waals surface area (Å²) in [4.78, 5) is 12.3. The molecule has 0 amide bonds. The largest absolute Gasteiger partial charge is 0.481 e. The Morgan fingerprint density at radius 1 is 1.56 bits per heavy atom. The predicted octanol–water partition coefficient (Wildman–Crippen LogP) is 2.29. The van der Waals surface area contributed by atoms with E-state index < -0.39 is 5.97 Å². The van der Waals surface area contributed by atoms with Crippen LogP contribution in [0.1, 0.15) is 24.9 Å². The molecule has 88 valence electrons. The fourth-order valence-electron chi connectivity index (χ4n) is 1.49. The molecule has 1 aromatic carbocycles. The molecule has 16 heavy (non-hydrogen) atoms. The molecule has 0 aliphatic rings. The molecule has 0 radical (unpaired) electrons. The van der Waals surface area contributed by atoms with Crippen LogP contribution in [0.4, 0.5) is 4.39 Å². The molecule has 1 N–H and O–H groups in total. The summed E-state index contributed by atoms with van der Waals surface area (Å²) in [6.07, 6.45) is 0.0934. The van der Waals surface area contributed by atoms with Crippen molar-refractivity contribution in [1.29, 1.82) is 0 Å². The highest BCUT2D eigenvalue weighted by molar-refractivity contribution is 5.66. The third kappa shape index (κ3) is 3.62. The standard InChI is InChI=1S/C12H16FNO2/c1-9(14(2)7-6-12(15)16)10-4-3-5-11(13)8-10/h3-5,8-9H,6-7H2,1-2H3,(H,15,16). The average molecular weight is 225 g/mol. The molecule has 0 spiro atoms. The molecule has 0 bridgehead atoms. The first-order chi connectivity index (χ1) is 7.50. The molecule has 0 aliphatic carbocycles. The minimum atomic E-state index is -0.821. The van der Waals surface area contributed by atoms with E-state index in [-0.39, 0.29) is 18.3 Å². The van der Waals surface area contributed by atoms with Crippen molar-refractivity contribution >= 4 is 5.97 Å². The molecule has 0 saturated heterocycles. The molecule has 0 aliphatic heterocycles. The van der Waals surface area contributed by atoms with Gasteiger partial charge >= 0.3 is 5.97 Å². The first kappa shape index (κ1) is 12.6. The Kier molecular flexibility index (Phi) is 4.43. The number of hydrogen-bond donors (Lipinski definition) is 1. The molecule has 4 heteroatoms. The van der Waals surface area contributed by atoms with Gasteiger partial charge in [-0.3, -0.25) is 9.69 Å². The highest BCUT2D eigenvalue weighted by Crippen LogP contribution is 2.19. The number of halogens is 1. The predicted molar refractivity (Wildman–Crippen MR) is 59.7 cm³/mol. The Balaban J connectivity index is 2.62. The Bertz CT molecular complexity index is 368. The van der Waals surface area contributed by atoms with Crippen LogP contribution in [0.15, 0.2) is 24.3 Å². The van der Waals surface area contributed by atoms with E-state index in [0.717, 1.165) is 5.56 Å². The van der Waals surface area contributed by atoms with Gasteiger partial charge in [-0.2, -0.15) is 0 Å². The van der Waals surface area contributed by atoms with Crippen molar-refractivity contribution in [2.24, 2.45) is 0 Å². The maximum absolute atomic E-state index is 13.0. The fourth-order valence-corrected chi connectivity index (χ4v) is 1.49. The van der Waals surface area contributed by atoms with Gasteiger partial charge in [0, 0.05) is 12.6 Å². The SMILES string of the molecule is CC(c1cccc(F)c1)N(C)CCC(=O)O.